The zero-order valence-corrected chi connectivity index (χ0v) is 11.8. The van der Waals surface area contributed by atoms with E-state index in [1.54, 1.807) is 0 Å². The molecule has 0 bridgehead atoms. The highest BCUT2D eigenvalue weighted by molar-refractivity contribution is 8.06. The Labute approximate surface area is 103 Å². The van der Waals surface area contributed by atoms with Gasteiger partial charge in [-0.3, -0.25) is 0 Å². The molecular weight excluding hydrogens is 264 g/mol. The fraction of sp³-hybridized carbons (Fsp3) is 1.00. The number of hydrogen-bond acceptors (Lipinski definition) is 5. The first kappa shape index (κ1) is 14.9. The lowest BCUT2D eigenvalue weighted by Crippen LogP contribution is -2.42. The quantitative estimate of drug-likeness (QED) is 0.696. The van der Waals surface area contributed by atoms with Gasteiger partial charge in [-0.15, -0.1) is 0 Å². The molecule has 0 spiro atoms. The highest BCUT2D eigenvalue weighted by atomic mass is 32.3. The van der Waals surface area contributed by atoms with Gasteiger partial charge in [0.1, 0.15) is 0 Å². The number of sulfonamides is 1. The van der Waals surface area contributed by atoms with Crippen LogP contribution < -0.4 is 10.0 Å². The molecule has 17 heavy (non-hydrogen) atoms. The summed E-state index contributed by atoms with van der Waals surface area (Å²) in [7, 11) is -7.23. The van der Waals surface area contributed by atoms with Crippen molar-refractivity contribution >= 4 is 19.9 Å². The van der Waals surface area contributed by atoms with Crippen LogP contribution in [0.5, 0.6) is 0 Å². The minimum atomic E-state index is -3.72. The largest absolute Gasteiger partial charge is 0.314 e. The van der Waals surface area contributed by atoms with Crippen LogP contribution in [0.3, 0.4) is 0 Å². The van der Waals surface area contributed by atoms with Gasteiger partial charge in [-0.05, 0) is 32.2 Å². The molecule has 1 aliphatic heterocycles. The van der Waals surface area contributed by atoms with E-state index >= 15 is 0 Å². The summed E-state index contributed by atoms with van der Waals surface area (Å²) in [6.07, 6.45) is 2.88. The van der Waals surface area contributed by atoms with E-state index in [1.165, 1.54) is 0 Å². The minimum Gasteiger partial charge on any atom is -0.314 e. The Morgan fingerprint density at radius 3 is 2.35 bits per heavy atom. The zero-order valence-electron chi connectivity index (χ0n) is 10.1. The van der Waals surface area contributed by atoms with E-state index in [0.717, 1.165) is 25.6 Å². The van der Waals surface area contributed by atoms with Gasteiger partial charge in [0.05, 0.1) is 0 Å². The minimum absolute atomic E-state index is 0.237. The average Bonchev–Trinajstić information content (AvgIpc) is 2.13. The van der Waals surface area contributed by atoms with Crippen LogP contribution in [0, 0.1) is 5.92 Å². The van der Waals surface area contributed by atoms with Crippen molar-refractivity contribution in [1.29, 1.82) is 0 Å². The maximum atomic E-state index is 11.4. The lowest BCUT2D eigenvalue weighted by molar-refractivity contribution is 0.323. The van der Waals surface area contributed by atoms with E-state index < -0.39 is 24.9 Å². The van der Waals surface area contributed by atoms with Crippen molar-refractivity contribution in [1.82, 2.24) is 10.0 Å². The molecule has 8 heteroatoms. The SMILES string of the molecule is CC1CCC(CNS(=O)(=O)CS(C)(=O)=O)CN1. The van der Waals surface area contributed by atoms with E-state index in [9.17, 15) is 16.8 Å². The topological polar surface area (TPSA) is 92.3 Å². The second-order valence-corrected chi connectivity index (χ2v) is 9.07. The van der Waals surface area contributed by atoms with Crippen molar-refractivity contribution in [3.63, 3.8) is 0 Å². The van der Waals surface area contributed by atoms with Gasteiger partial charge in [0.25, 0.3) is 0 Å². The standard InChI is InChI=1S/C9H20N2O4S2/c1-8-3-4-9(5-10-8)6-11-17(14,15)7-16(2,12)13/h8-11H,3-7H2,1-2H3. The summed E-state index contributed by atoms with van der Waals surface area (Å²) in [5.41, 5.74) is 0. The van der Waals surface area contributed by atoms with Crippen LogP contribution in [0.25, 0.3) is 0 Å². The van der Waals surface area contributed by atoms with Crippen LogP contribution in [0.1, 0.15) is 19.8 Å². The molecule has 2 unspecified atom stereocenters. The first-order valence-electron chi connectivity index (χ1n) is 5.56. The summed E-state index contributed by atoms with van der Waals surface area (Å²) < 4.78 is 47.1. The summed E-state index contributed by atoms with van der Waals surface area (Å²) >= 11 is 0. The Morgan fingerprint density at radius 2 is 1.88 bits per heavy atom. The molecule has 0 aromatic carbocycles. The lowest BCUT2D eigenvalue weighted by Gasteiger charge is -2.27. The van der Waals surface area contributed by atoms with Crippen LogP contribution in [0.2, 0.25) is 0 Å². The molecule has 0 aliphatic carbocycles. The fourth-order valence-electron chi connectivity index (χ4n) is 1.80. The molecule has 1 saturated heterocycles. The summed E-state index contributed by atoms with van der Waals surface area (Å²) in [6, 6.07) is 0.471. The molecule has 2 atom stereocenters. The van der Waals surface area contributed by atoms with Crippen molar-refractivity contribution in [2.75, 3.05) is 24.4 Å². The Bertz CT molecular complexity index is 436. The number of hydrogen-bond donors (Lipinski definition) is 2. The fourth-order valence-corrected chi connectivity index (χ4v) is 4.88. The molecule has 1 aliphatic rings. The van der Waals surface area contributed by atoms with Crippen LogP contribution in [0.4, 0.5) is 0 Å². The van der Waals surface area contributed by atoms with Crippen molar-refractivity contribution < 1.29 is 16.8 Å². The van der Waals surface area contributed by atoms with E-state index in [4.69, 9.17) is 0 Å². The Morgan fingerprint density at radius 1 is 1.24 bits per heavy atom. The number of rotatable bonds is 5. The molecule has 6 nitrogen and oxygen atoms in total. The molecule has 102 valence electrons. The van der Waals surface area contributed by atoms with Crippen molar-refractivity contribution in [3.05, 3.63) is 0 Å². The molecule has 0 amide bonds. The molecule has 0 saturated carbocycles. The van der Waals surface area contributed by atoms with Gasteiger partial charge in [-0.1, -0.05) is 0 Å². The summed E-state index contributed by atoms with van der Waals surface area (Å²) in [6.45, 7) is 3.16. The molecule has 0 radical (unpaired) electrons. The van der Waals surface area contributed by atoms with Crippen LogP contribution in [-0.2, 0) is 19.9 Å². The van der Waals surface area contributed by atoms with E-state index in [2.05, 4.69) is 17.0 Å². The number of nitrogens with one attached hydrogen (secondary N) is 2. The normalized spacial score (nSPS) is 26.9. The molecule has 1 fully saturated rings. The monoisotopic (exact) mass is 284 g/mol. The van der Waals surface area contributed by atoms with Crippen molar-refractivity contribution in [2.24, 2.45) is 5.92 Å². The first-order chi connectivity index (χ1) is 7.68. The van der Waals surface area contributed by atoms with Gasteiger partial charge in [0.2, 0.25) is 10.0 Å². The van der Waals surface area contributed by atoms with Crippen molar-refractivity contribution in [2.45, 2.75) is 25.8 Å². The van der Waals surface area contributed by atoms with Crippen LogP contribution >= 0.6 is 0 Å². The maximum absolute atomic E-state index is 11.4. The predicted octanol–water partition coefficient (Wildman–Crippen LogP) is -0.704. The van der Waals surface area contributed by atoms with Gasteiger partial charge in [0.15, 0.2) is 14.9 Å². The third-order valence-electron chi connectivity index (χ3n) is 2.72. The average molecular weight is 284 g/mol. The molecule has 2 N–H and O–H groups in total. The van der Waals surface area contributed by atoms with E-state index in [-0.39, 0.29) is 5.92 Å². The van der Waals surface area contributed by atoms with Gasteiger partial charge >= 0.3 is 0 Å². The Balaban J connectivity index is 2.40. The van der Waals surface area contributed by atoms with E-state index in [0.29, 0.717) is 12.6 Å². The van der Waals surface area contributed by atoms with Crippen molar-refractivity contribution in [3.8, 4) is 0 Å². The van der Waals surface area contributed by atoms with Gasteiger partial charge in [0, 0.05) is 18.8 Å². The van der Waals surface area contributed by atoms with Gasteiger partial charge < -0.3 is 5.32 Å². The summed E-state index contributed by atoms with van der Waals surface area (Å²) in [5, 5.41) is 2.43. The predicted molar refractivity (Wildman–Crippen MR) is 66.8 cm³/mol. The second-order valence-electron chi connectivity index (χ2n) is 4.76. The first-order valence-corrected chi connectivity index (χ1v) is 9.28. The Kier molecular flexibility index (Phi) is 4.94. The number of piperidine rings is 1. The Hall–Kier alpha value is -0.180. The number of sulfone groups is 1. The lowest BCUT2D eigenvalue weighted by atomic mass is 9.96. The van der Waals surface area contributed by atoms with Crippen LogP contribution in [0.15, 0.2) is 0 Å². The van der Waals surface area contributed by atoms with E-state index in [1.807, 2.05) is 0 Å². The third kappa shape index (κ3) is 6.35. The molecular formula is C9H20N2O4S2. The summed E-state index contributed by atoms with van der Waals surface area (Å²) in [4.78, 5) is 0. The smallest absolute Gasteiger partial charge is 0.226 e. The summed E-state index contributed by atoms with van der Waals surface area (Å²) in [5.74, 6) is 0.237. The second kappa shape index (κ2) is 5.64. The molecule has 1 heterocycles. The molecule has 0 aromatic rings. The molecule has 1 rings (SSSR count). The highest BCUT2D eigenvalue weighted by Crippen LogP contribution is 2.13. The zero-order chi connectivity index (χ0) is 13.1. The van der Waals surface area contributed by atoms with Crippen LogP contribution in [-0.4, -0.2) is 47.3 Å². The maximum Gasteiger partial charge on any atom is 0.226 e. The highest BCUT2D eigenvalue weighted by Gasteiger charge is 2.22. The van der Waals surface area contributed by atoms with Gasteiger partial charge in [-0.2, -0.15) is 0 Å². The molecule has 0 aromatic heterocycles. The van der Waals surface area contributed by atoms with Gasteiger partial charge in [-0.25, -0.2) is 21.6 Å². The third-order valence-corrected chi connectivity index (χ3v) is 6.28.